The predicted octanol–water partition coefficient (Wildman–Crippen LogP) is 7.07. The standard InChI is InChI=1S/C55H60N8O11/c1-7-34-36-22-30(10-15-41(36)57-45-39(34)26-61-42(45)24-37-40(50(61)68)27-73-51(69)46(37)66)54(6)28-55(8-2,18-21-62(54)53(71)72)52(70)60-19-16-33(17-20-60)74-32-13-11-31(12-14-32)63-47(58-59-48(63)49(67)56-9-3)38-23-35(29(4)5)43(64)25-44(38)65/h10-15,22-25,29,33,46,64-66H,7-9,16-21,26-28H2,1-6H3,(H,56,67)(H,71,72)/t46-,54?,55?/m0/s1. The molecule has 0 saturated carbocycles. The summed E-state index contributed by atoms with van der Waals surface area (Å²) in [7, 11) is 0. The number of benzene rings is 3. The number of aromatic nitrogens is 5. The number of cyclic esters (lactones) is 1. The molecular weight excluding hydrogens is 949 g/mol. The van der Waals surface area contributed by atoms with E-state index in [2.05, 4.69) is 15.5 Å². The Morgan fingerprint density at radius 3 is 2.35 bits per heavy atom. The molecule has 3 aromatic carbocycles. The van der Waals surface area contributed by atoms with Gasteiger partial charge in [0.05, 0.1) is 45.5 Å². The minimum Gasteiger partial charge on any atom is -0.508 e. The van der Waals surface area contributed by atoms with Crippen LogP contribution in [0.25, 0.3) is 39.4 Å². The number of esters is 1. The normalized spacial score (nSPS) is 20.5. The molecule has 0 bridgehead atoms. The van der Waals surface area contributed by atoms with E-state index < -0.39 is 35.0 Å². The van der Waals surface area contributed by atoms with Crippen LogP contribution >= 0.6 is 0 Å². The molecule has 3 aromatic heterocycles. The van der Waals surface area contributed by atoms with Crippen molar-refractivity contribution in [2.45, 2.75) is 117 Å². The highest BCUT2D eigenvalue weighted by atomic mass is 16.5. The fraction of sp³-hybridized carbons (Fsp3) is 0.418. The maximum absolute atomic E-state index is 14.9. The minimum atomic E-state index is -1.57. The number of ether oxygens (including phenoxy) is 2. The van der Waals surface area contributed by atoms with Crippen molar-refractivity contribution < 1.29 is 49.1 Å². The number of nitrogens with zero attached hydrogens (tertiary/aromatic N) is 7. The molecule has 386 valence electrons. The van der Waals surface area contributed by atoms with Crippen LogP contribution in [0, 0.1) is 5.41 Å². The van der Waals surface area contributed by atoms with Gasteiger partial charge < -0.3 is 44.7 Å². The molecule has 2 fully saturated rings. The van der Waals surface area contributed by atoms with Crippen molar-refractivity contribution in [3.63, 3.8) is 0 Å². The van der Waals surface area contributed by atoms with Crippen LogP contribution in [0.3, 0.4) is 0 Å². The van der Waals surface area contributed by atoms with Crippen molar-refractivity contribution in [3.8, 4) is 45.7 Å². The molecule has 0 radical (unpaired) electrons. The van der Waals surface area contributed by atoms with Crippen molar-refractivity contribution in [1.29, 1.82) is 0 Å². The van der Waals surface area contributed by atoms with Gasteiger partial charge in [0.1, 0.15) is 30.0 Å². The number of aliphatic hydroxyl groups is 1. The lowest BCUT2D eigenvalue weighted by molar-refractivity contribution is -0.157. The molecule has 2 unspecified atom stereocenters. The Morgan fingerprint density at radius 2 is 1.68 bits per heavy atom. The summed E-state index contributed by atoms with van der Waals surface area (Å²) in [5, 5.41) is 54.9. The molecule has 19 heteroatoms. The zero-order valence-corrected chi connectivity index (χ0v) is 42.3. The first-order valence-electron chi connectivity index (χ1n) is 25.4. The highest BCUT2D eigenvalue weighted by Gasteiger charge is 2.53. The van der Waals surface area contributed by atoms with Gasteiger partial charge >= 0.3 is 12.1 Å². The smallest absolute Gasteiger partial charge is 0.408 e. The molecule has 10 rings (SSSR count). The number of hydrogen-bond donors (Lipinski definition) is 5. The average molecular weight is 1010 g/mol. The fourth-order valence-corrected chi connectivity index (χ4v) is 11.8. The van der Waals surface area contributed by atoms with Gasteiger partial charge in [-0.25, -0.2) is 14.6 Å². The van der Waals surface area contributed by atoms with Crippen LogP contribution in [-0.4, -0.2) is 111 Å². The molecule has 3 atom stereocenters. The van der Waals surface area contributed by atoms with Gasteiger partial charge in [0, 0.05) is 67.3 Å². The number of aromatic hydroxyl groups is 2. The van der Waals surface area contributed by atoms with Gasteiger partial charge in [-0.3, -0.25) is 23.9 Å². The van der Waals surface area contributed by atoms with Gasteiger partial charge in [-0.2, -0.15) is 0 Å². The summed E-state index contributed by atoms with van der Waals surface area (Å²) in [6.07, 6.45) is -0.0270. The number of rotatable bonds is 11. The summed E-state index contributed by atoms with van der Waals surface area (Å²) >= 11 is 0. The number of nitrogens with one attached hydrogen (secondary N) is 1. The molecule has 0 spiro atoms. The summed E-state index contributed by atoms with van der Waals surface area (Å²) in [4.78, 5) is 75.6. The Hall–Kier alpha value is -7.80. The number of phenols is 2. The van der Waals surface area contributed by atoms with E-state index in [9.17, 15) is 44.4 Å². The molecule has 3 amide bonds. The summed E-state index contributed by atoms with van der Waals surface area (Å²) in [6.45, 7) is 13.0. The highest BCUT2D eigenvalue weighted by molar-refractivity contribution is 5.93. The van der Waals surface area contributed by atoms with E-state index in [1.54, 1.807) is 52.5 Å². The van der Waals surface area contributed by atoms with Gasteiger partial charge in [0.2, 0.25) is 11.7 Å². The number of fused-ring (bicyclic) bond motifs is 5. The van der Waals surface area contributed by atoms with Gasteiger partial charge in [-0.1, -0.05) is 33.8 Å². The van der Waals surface area contributed by atoms with Crippen LogP contribution in [-0.2, 0) is 39.4 Å². The third kappa shape index (κ3) is 8.17. The average Bonchev–Trinajstić information content (AvgIpc) is 3.99. The Labute approximate surface area is 426 Å². The third-order valence-electron chi connectivity index (χ3n) is 15.8. The van der Waals surface area contributed by atoms with Crippen LogP contribution in [0.1, 0.15) is 130 Å². The Morgan fingerprint density at radius 1 is 0.932 bits per heavy atom. The molecule has 74 heavy (non-hydrogen) atoms. The van der Waals surface area contributed by atoms with Crippen LogP contribution in [0.15, 0.2) is 65.5 Å². The summed E-state index contributed by atoms with van der Waals surface area (Å²) in [6, 6.07) is 17.4. The van der Waals surface area contributed by atoms with E-state index >= 15 is 0 Å². The van der Waals surface area contributed by atoms with E-state index in [4.69, 9.17) is 14.5 Å². The number of aliphatic hydroxyl groups excluding tert-OH is 1. The fourth-order valence-electron chi connectivity index (χ4n) is 11.8. The lowest BCUT2D eigenvalue weighted by Gasteiger charge is -2.52. The third-order valence-corrected chi connectivity index (χ3v) is 15.8. The number of carbonyl (C=O) groups excluding carboxylic acids is 3. The molecule has 0 aliphatic carbocycles. The second kappa shape index (κ2) is 18.9. The molecule has 6 aromatic rings. The van der Waals surface area contributed by atoms with Crippen molar-refractivity contribution in [1.82, 2.24) is 39.4 Å². The van der Waals surface area contributed by atoms with Gasteiger partial charge in [-0.05, 0) is 111 Å². The largest absolute Gasteiger partial charge is 0.508 e. The molecule has 7 heterocycles. The number of aryl methyl sites for hydroxylation is 1. The first-order chi connectivity index (χ1) is 35.4. The van der Waals surface area contributed by atoms with E-state index in [0.717, 1.165) is 22.1 Å². The number of likely N-dealkylation sites (tertiary alicyclic amines) is 2. The quantitative estimate of drug-likeness (QED) is 0.0814. The van der Waals surface area contributed by atoms with E-state index in [1.807, 2.05) is 57.7 Å². The molecule has 19 nitrogen and oxygen atoms in total. The zero-order valence-electron chi connectivity index (χ0n) is 42.3. The minimum absolute atomic E-state index is 0.00967. The maximum atomic E-state index is 14.9. The van der Waals surface area contributed by atoms with Crippen LogP contribution in [0.2, 0.25) is 0 Å². The molecule has 4 aliphatic heterocycles. The number of carboxylic acid groups (broad SMARTS) is 1. The summed E-state index contributed by atoms with van der Waals surface area (Å²) < 4.78 is 14.7. The van der Waals surface area contributed by atoms with Crippen molar-refractivity contribution >= 4 is 34.8 Å². The second-order valence-corrected chi connectivity index (χ2v) is 20.4. The van der Waals surface area contributed by atoms with Crippen molar-refractivity contribution in [2.24, 2.45) is 5.41 Å². The summed E-state index contributed by atoms with van der Waals surface area (Å²) in [5.74, 6) is -0.806. The lowest BCUT2D eigenvalue weighted by Crippen LogP contribution is -2.59. The summed E-state index contributed by atoms with van der Waals surface area (Å²) in [5.41, 5.74) is 3.84. The lowest BCUT2D eigenvalue weighted by atomic mass is 9.65. The van der Waals surface area contributed by atoms with E-state index in [0.29, 0.717) is 91.2 Å². The number of pyridine rings is 2. The number of phenolic OH excluding ortho intramolecular Hbond substituents is 2. The molecule has 5 N–H and O–H groups in total. The molecular formula is C55H60N8O11. The van der Waals surface area contributed by atoms with Crippen LogP contribution in [0.4, 0.5) is 4.79 Å². The second-order valence-electron chi connectivity index (χ2n) is 20.4. The Kier molecular flexibility index (Phi) is 12.7. The first kappa shape index (κ1) is 49.8. The first-order valence-corrected chi connectivity index (χ1v) is 25.4. The Balaban J connectivity index is 0.871. The van der Waals surface area contributed by atoms with E-state index in [-0.39, 0.29) is 83.9 Å². The monoisotopic (exact) mass is 1010 g/mol. The van der Waals surface area contributed by atoms with Crippen LogP contribution < -0.4 is 15.6 Å². The number of amides is 3. The molecule has 2 saturated heterocycles. The molecule has 4 aliphatic rings. The SMILES string of the molecule is CCNC(=O)c1nnc(-c2cc(C(C)C)c(O)cc2O)n1-c1ccc(OC2CCN(C(=O)C3(CC)CCN(C(=O)O)C(C)(c4ccc5nc6c(c(CC)c5c4)Cn4c-6cc5c(c4=O)COC(=O)[C@H]5O)C3)CC2)cc1. The Bertz CT molecular complexity index is 3340. The van der Waals surface area contributed by atoms with E-state index in [1.165, 1.54) is 11.0 Å². The van der Waals surface area contributed by atoms with Gasteiger partial charge in [0.15, 0.2) is 11.9 Å². The highest BCUT2D eigenvalue weighted by Crippen LogP contribution is 2.50. The van der Waals surface area contributed by atoms with Crippen molar-refractivity contribution in [3.05, 3.63) is 110 Å². The topological polar surface area (TPSA) is 252 Å². The zero-order chi connectivity index (χ0) is 52.5. The van der Waals surface area contributed by atoms with Gasteiger partial charge in [-0.15, -0.1) is 10.2 Å². The predicted molar refractivity (Wildman–Crippen MR) is 271 cm³/mol. The number of hydrogen-bond acceptors (Lipinski definition) is 13. The number of carbonyl (C=O) groups is 4. The van der Waals surface area contributed by atoms with Crippen molar-refractivity contribution in [2.75, 3.05) is 26.2 Å². The van der Waals surface area contributed by atoms with Crippen LogP contribution in [0.5, 0.6) is 17.2 Å². The van der Waals surface area contributed by atoms with Gasteiger partial charge in [0.25, 0.3) is 11.5 Å². The number of piperidine rings is 2. The maximum Gasteiger partial charge on any atom is 0.408 e.